The highest BCUT2D eigenvalue weighted by Crippen LogP contribution is 2.14. The van der Waals surface area contributed by atoms with E-state index in [2.05, 4.69) is 20.6 Å². The van der Waals surface area contributed by atoms with E-state index in [9.17, 15) is 4.79 Å². The summed E-state index contributed by atoms with van der Waals surface area (Å²) in [4.78, 5) is 21.3. The summed E-state index contributed by atoms with van der Waals surface area (Å²) in [6.45, 7) is 4.42. The first-order valence-electron chi connectivity index (χ1n) is 9.21. The lowest BCUT2D eigenvalue weighted by molar-refractivity contribution is 0.0934. The molecule has 0 aliphatic heterocycles. The standard InChI is InChI=1S/C22H23ClN4O/c1-15(18-6-4-3-5-7-18)25-22(28)20-14-21(27-16(2)26-20)24-13-12-17-8-10-19(23)11-9-17/h3-11,14-15H,12-13H2,1-2H3,(H,25,28)(H,24,26,27). The summed E-state index contributed by atoms with van der Waals surface area (Å²) in [5.74, 6) is 0.968. The molecule has 3 aromatic rings. The number of carbonyl (C=O) groups is 1. The highest BCUT2D eigenvalue weighted by molar-refractivity contribution is 6.30. The van der Waals surface area contributed by atoms with Gasteiger partial charge in [-0.25, -0.2) is 9.97 Å². The van der Waals surface area contributed by atoms with E-state index in [0.717, 1.165) is 17.0 Å². The Hall–Kier alpha value is -2.92. The van der Waals surface area contributed by atoms with E-state index in [1.807, 2.05) is 61.5 Å². The van der Waals surface area contributed by atoms with Gasteiger partial charge in [-0.1, -0.05) is 54.1 Å². The molecule has 1 aromatic heterocycles. The van der Waals surface area contributed by atoms with Gasteiger partial charge in [-0.15, -0.1) is 0 Å². The average molecular weight is 395 g/mol. The summed E-state index contributed by atoms with van der Waals surface area (Å²) in [6.07, 6.45) is 0.826. The summed E-state index contributed by atoms with van der Waals surface area (Å²) in [6, 6.07) is 19.2. The van der Waals surface area contributed by atoms with E-state index in [1.54, 1.807) is 13.0 Å². The molecule has 3 rings (SSSR count). The highest BCUT2D eigenvalue weighted by Gasteiger charge is 2.14. The smallest absolute Gasteiger partial charge is 0.270 e. The Morgan fingerprint density at radius 1 is 1.07 bits per heavy atom. The van der Waals surface area contributed by atoms with Gasteiger partial charge in [0.2, 0.25) is 0 Å². The molecule has 2 N–H and O–H groups in total. The van der Waals surface area contributed by atoms with Crippen LogP contribution in [0.5, 0.6) is 0 Å². The number of amides is 1. The molecule has 0 radical (unpaired) electrons. The molecule has 5 nitrogen and oxygen atoms in total. The van der Waals surface area contributed by atoms with Crippen LogP contribution in [0.4, 0.5) is 5.82 Å². The zero-order valence-electron chi connectivity index (χ0n) is 15.9. The van der Waals surface area contributed by atoms with Gasteiger partial charge in [0.15, 0.2) is 0 Å². The molecule has 0 fully saturated rings. The second-order valence-electron chi connectivity index (χ2n) is 6.59. The number of anilines is 1. The average Bonchev–Trinajstić information content (AvgIpc) is 2.69. The van der Waals surface area contributed by atoms with Crippen LogP contribution in [-0.4, -0.2) is 22.4 Å². The van der Waals surface area contributed by atoms with E-state index < -0.39 is 0 Å². The van der Waals surface area contributed by atoms with Crippen molar-refractivity contribution in [2.75, 3.05) is 11.9 Å². The van der Waals surface area contributed by atoms with Crippen LogP contribution >= 0.6 is 11.6 Å². The molecule has 1 atom stereocenters. The molecule has 1 heterocycles. The van der Waals surface area contributed by atoms with Crippen LogP contribution < -0.4 is 10.6 Å². The van der Waals surface area contributed by atoms with Crippen molar-refractivity contribution in [3.63, 3.8) is 0 Å². The topological polar surface area (TPSA) is 66.9 Å². The molecule has 1 unspecified atom stereocenters. The van der Waals surface area contributed by atoms with Gasteiger partial charge < -0.3 is 10.6 Å². The van der Waals surface area contributed by atoms with E-state index in [-0.39, 0.29) is 11.9 Å². The Balaban J connectivity index is 1.62. The van der Waals surface area contributed by atoms with Gasteiger partial charge in [-0.3, -0.25) is 4.79 Å². The van der Waals surface area contributed by atoms with Crippen molar-refractivity contribution in [3.8, 4) is 0 Å². The van der Waals surface area contributed by atoms with Gasteiger partial charge in [0.05, 0.1) is 6.04 Å². The molecular weight excluding hydrogens is 372 g/mol. The lowest BCUT2D eigenvalue weighted by Gasteiger charge is -2.14. The second kappa shape index (κ2) is 9.33. The first kappa shape index (κ1) is 19.8. The molecule has 0 spiro atoms. The van der Waals surface area contributed by atoms with Crippen LogP contribution in [0.3, 0.4) is 0 Å². The Morgan fingerprint density at radius 2 is 1.79 bits per heavy atom. The number of rotatable bonds is 7. The van der Waals surface area contributed by atoms with E-state index in [4.69, 9.17) is 11.6 Å². The zero-order valence-corrected chi connectivity index (χ0v) is 16.7. The number of aromatic nitrogens is 2. The van der Waals surface area contributed by atoms with Gasteiger partial charge in [0.25, 0.3) is 5.91 Å². The number of aryl methyl sites for hydroxylation is 1. The van der Waals surface area contributed by atoms with Crippen LogP contribution in [0.15, 0.2) is 60.7 Å². The first-order valence-corrected chi connectivity index (χ1v) is 9.59. The van der Waals surface area contributed by atoms with Crippen LogP contribution in [0.1, 0.15) is 40.4 Å². The van der Waals surface area contributed by atoms with Crippen LogP contribution in [-0.2, 0) is 6.42 Å². The number of halogens is 1. The summed E-state index contributed by atoms with van der Waals surface area (Å²) < 4.78 is 0. The van der Waals surface area contributed by atoms with Crippen molar-refractivity contribution >= 4 is 23.3 Å². The molecule has 0 aliphatic carbocycles. The summed E-state index contributed by atoms with van der Waals surface area (Å²) in [5.41, 5.74) is 2.57. The lowest BCUT2D eigenvalue weighted by Crippen LogP contribution is -2.28. The van der Waals surface area contributed by atoms with Gasteiger partial charge in [-0.05, 0) is 43.5 Å². The molecule has 0 bridgehead atoms. The molecule has 2 aromatic carbocycles. The molecule has 0 saturated carbocycles. The molecule has 144 valence electrons. The van der Waals surface area contributed by atoms with Gasteiger partial charge in [0.1, 0.15) is 17.3 Å². The third kappa shape index (κ3) is 5.54. The minimum atomic E-state index is -0.220. The largest absolute Gasteiger partial charge is 0.370 e. The van der Waals surface area contributed by atoms with Crippen LogP contribution in [0.25, 0.3) is 0 Å². The molecule has 1 amide bonds. The van der Waals surface area contributed by atoms with Crippen LogP contribution in [0.2, 0.25) is 5.02 Å². The number of hydrogen-bond acceptors (Lipinski definition) is 4. The van der Waals surface area contributed by atoms with Crippen molar-refractivity contribution in [3.05, 3.63) is 88.3 Å². The predicted molar refractivity (Wildman–Crippen MR) is 113 cm³/mol. The maximum absolute atomic E-state index is 12.6. The third-order valence-corrected chi connectivity index (χ3v) is 4.60. The van der Waals surface area contributed by atoms with Gasteiger partial charge >= 0.3 is 0 Å². The number of carbonyl (C=O) groups excluding carboxylic acids is 1. The minimum Gasteiger partial charge on any atom is -0.370 e. The fourth-order valence-corrected chi connectivity index (χ4v) is 2.98. The van der Waals surface area contributed by atoms with Crippen molar-refractivity contribution in [2.45, 2.75) is 26.3 Å². The number of hydrogen-bond donors (Lipinski definition) is 2. The predicted octanol–water partition coefficient (Wildman–Crippen LogP) is 4.58. The Labute approximate surface area is 170 Å². The highest BCUT2D eigenvalue weighted by atomic mass is 35.5. The number of benzene rings is 2. The Kier molecular flexibility index (Phi) is 6.61. The summed E-state index contributed by atoms with van der Waals surface area (Å²) in [7, 11) is 0. The van der Waals surface area contributed by atoms with E-state index >= 15 is 0 Å². The summed E-state index contributed by atoms with van der Waals surface area (Å²) >= 11 is 5.91. The van der Waals surface area contributed by atoms with Crippen molar-refractivity contribution in [2.24, 2.45) is 0 Å². The molecular formula is C22H23ClN4O. The van der Waals surface area contributed by atoms with Crippen molar-refractivity contribution in [1.82, 2.24) is 15.3 Å². The Morgan fingerprint density at radius 3 is 2.50 bits per heavy atom. The van der Waals surface area contributed by atoms with Crippen molar-refractivity contribution in [1.29, 1.82) is 0 Å². The SMILES string of the molecule is Cc1nc(NCCc2ccc(Cl)cc2)cc(C(=O)NC(C)c2ccccc2)n1. The van der Waals surface area contributed by atoms with Crippen molar-refractivity contribution < 1.29 is 4.79 Å². The number of nitrogens with one attached hydrogen (secondary N) is 2. The van der Waals surface area contributed by atoms with Crippen LogP contribution in [0, 0.1) is 6.92 Å². The quantitative estimate of drug-likeness (QED) is 0.615. The zero-order chi connectivity index (χ0) is 19.9. The molecule has 6 heteroatoms. The lowest BCUT2D eigenvalue weighted by atomic mass is 10.1. The van der Waals surface area contributed by atoms with Gasteiger partial charge in [0, 0.05) is 17.6 Å². The van der Waals surface area contributed by atoms with Gasteiger partial charge in [-0.2, -0.15) is 0 Å². The monoisotopic (exact) mass is 394 g/mol. The Bertz CT molecular complexity index is 929. The maximum Gasteiger partial charge on any atom is 0.270 e. The first-order chi connectivity index (χ1) is 13.5. The van der Waals surface area contributed by atoms with E-state index in [1.165, 1.54) is 5.56 Å². The second-order valence-corrected chi connectivity index (χ2v) is 7.03. The normalized spacial score (nSPS) is 11.7. The molecule has 28 heavy (non-hydrogen) atoms. The third-order valence-electron chi connectivity index (χ3n) is 4.35. The summed E-state index contributed by atoms with van der Waals surface area (Å²) in [5, 5.41) is 6.97. The fraction of sp³-hybridized carbons (Fsp3) is 0.227. The molecule has 0 saturated heterocycles. The molecule has 0 aliphatic rings. The maximum atomic E-state index is 12.6. The minimum absolute atomic E-state index is 0.106. The number of nitrogens with zero attached hydrogens (tertiary/aromatic N) is 2. The van der Waals surface area contributed by atoms with E-state index in [0.29, 0.717) is 23.9 Å². The fourth-order valence-electron chi connectivity index (χ4n) is 2.86.